The van der Waals surface area contributed by atoms with Gasteiger partial charge in [-0.3, -0.25) is 9.59 Å². The number of rotatable bonds is 7. The minimum Gasteiger partial charge on any atom is -0.452 e. The van der Waals surface area contributed by atoms with Gasteiger partial charge in [-0.15, -0.1) is 11.8 Å². The Hall–Kier alpha value is -2.58. The molecule has 1 saturated heterocycles. The topological polar surface area (TPSA) is 67.9 Å². The molecular weight excluding hydrogens is 395 g/mol. The molecule has 1 amide bonds. The summed E-state index contributed by atoms with van der Waals surface area (Å²) in [5.41, 5.74) is 1.69. The van der Waals surface area contributed by atoms with Gasteiger partial charge in [-0.25, -0.2) is 4.39 Å². The maximum atomic E-state index is 13.6. The van der Waals surface area contributed by atoms with Crippen molar-refractivity contribution in [3.8, 4) is 0 Å². The Balaban J connectivity index is 1.45. The van der Waals surface area contributed by atoms with Crippen LogP contribution < -0.4 is 10.2 Å². The molecule has 0 spiro atoms. The summed E-state index contributed by atoms with van der Waals surface area (Å²) in [5.74, 6) is -1.47. The van der Waals surface area contributed by atoms with Gasteiger partial charge in [-0.2, -0.15) is 0 Å². The lowest BCUT2D eigenvalue weighted by atomic mass is 10.2. The first-order chi connectivity index (χ1) is 14.0. The third-order valence-electron chi connectivity index (χ3n) is 4.37. The molecule has 0 radical (unpaired) electrons. The van der Waals surface area contributed by atoms with E-state index in [1.54, 1.807) is 18.2 Å². The number of esters is 1. The first kappa shape index (κ1) is 21.1. The molecule has 1 atom stereocenters. The Morgan fingerprint density at radius 3 is 2.55 bits per heavy atom. The van der Waals surface area contributed by atoms with Gasteiger partial charge in [0.15, 0.2) is 6.10 Å². The molecule has 0 bridgehead atoms. The van der Waals surface area contributed by atoms with Crippen LogP contribution in [0.3, 0.4) is 0 Å². The summed E-state index contributed by atoms with van der Waals surface area (Å²) in [6, 6.07) is 13.7. The first-order valence-corrected chi connectivity index (χ1v) is 10.3. The summed E-state index contributed by atoms with van der Waals surface area (Å²) in [5, 5.41) is 2.73. The Morgan fingerprint density at radius 1 is 1.17 bits per heavy atom. The van der Waals surface area contributed by atoms with Crippen molar-refractivity contribution in [3.05, 3.63) is 54.3 Å². The predicted octanol–water partition coefficient (Wildman–Crippen LogP) is 3.32. The van der Waals surface area contributed by atoms with E-state index in [4.69, 9.17) is 9.47 Å². The minimum absolute atomic E-state index is 0.0766. The molecule has 2 aromatic rings. The number of hydrogen-bond donors (Lipinski definition) is 1. The Labute approximate surface area is 173 Å². The van der Waals surface area contributed by atoms with Gasteiger partial charge in [0.25, 0.3) is 5.91 Å². The van der Waals surface area contributed by atoms with Crippen LogP contribution in [0.1, 0.15) is 6.92 Å². The van der Waals surface area contributed by atoms with Crippen molar-refractivity contribution in [1.82, 2.24) is 0 Å². The minimum atomic E-state index is -0.956. The van der Waals surface area contributed by atoms with Gasteiger partial charge < -0.3 is 19.7 Å². The number of amides is 1. The molecule has 1 aliphatic heterocycles. The van der Waals surface area contributed by atoms with E-state index in [2.05, 4.69) is 10.2 Å². The molecule has 29 heavy (non-hydrogen) atoms. The van der Waals surface area contributed by atoms with E-state index in [1.165, 1.54) is 13.0 Å². The SMILES string of the molecule is C[C@@H](OC(=O)CSc1ccccc1F)C(=O)Nc1ccc(N2CCOCC2)cc1. The van der Waals surface area contributed by atoms with Crippen molar-refractivity contribution in [3.63, 3.8) is 0 Å². The average Bonchev–Trinajstić information content (AvgIpc) is 2.74. The molecule has 8 heteroatoms. The highest BCUT2D eigenvalue weighted by Gasteiger charge is 2.19. The van der Waals surface area contributed by atoms with Crippen molar-refractivity contribution in [2.24, 2.45) is 0 Å². The van der Waals surface area contributed by atoms with Crippen molar-refractivity contribution in [2.75, 3.05) is 42.3 Å². The molecule has 0 unspecified atom stereocenters. The van der Waals surface area contributed by atoms with Crippen LogP contribution in [0.15, 0.2) is 53.4 Å². The quantitative estimate of drug-likeness (QED) is 0.550. The van der Waals surface area contributed by atoms with E-state index in [0.717, 1.165) is 30.5 Å². The van der Waals surface area contributed by atoms with Gasteiger partial charge in [-0.1, -0.05) is 12.1 Å². The summed E-state index contributed by atoms with van der Waals surface area (Å²) < 4.78 is 24.1. The third-order valence-corrected chi connectivity index (χ3v) is 5.39. The van der Waals surface area contributed by atoms with Crippen LogP contribution in [-0.4, -0.2) is 50.0 Å². The number of nitrogens with one attached hydrogen (secondary N) is 1. The van der Waals surface area contributed by atoms with Crippen LogP contribution in [0.4, 0.5) is 15.8 Å². The summed E-state index contributed by atoms with van der Waals surface area (Å²) in [4.78, 5) is 26.8. The molecular formula is C21H23FN2O4S. The van der Waals surface area contributed by atoms with Crippen molar-refractivity contribution >= 4 is 35.0 Å². The highest BCUT2D eigenvalue weighted by molar-refractivity contribution is 8.00. The van der Waals surface area contributed by atoms with Crippen LogP contribution >= 0.6 is 11.8 Å². The fourth-order valence-corrected chi connectivity index (χ4v) is 3.53. The van der Waals surface area contributed by atoms with E-state index >= 15 is 0 Å². The van der Waals surface area contributed by atoms with Gasteiger partial charge in [0.1, 0.15) is 5.82 Å². The Morgan fingerprint density at radius 2 is 1.86 bits per heavy atom. The fraction of sp³-hybridized carbons (Fsp3) is 0.333. The summed E-state index contributed by atoms with van der Waals surface area (Å²) in [7, 11) is 0. The smallest absolute Gasteiger partial charge is 0.317 e. The molecule has 1 aliphatic rings. The van der Waals surface area contributed by atoms with Gasteiger partial charge in [0, 0.05) is 29.4 Å². The highest BCUT2D eigenvalue weighted by atomic mass is 32.2. The molecule has 154 valence electrons. The molecule has 1 N–H and O–H groups in total. The van der Waals surface area contributed by atoms with Crippen molar-refractivity contribution < 1.29 is 23.5 Å². The molecule has 0 saturated carbocycles. The summed E-state index contributed by atoms with van der Waals surface area (Å²) in [6.07, 6.45) is -0.956. The van der Waals surface area contributed by atoms with Crippen LogP contribution in [-0.2, 0) is 19.1 Å². The molecule has 1 fully saturated rings. The second kappa shape index (κ2) is 10.3. The zero-order chi connectivity index (χ0) is 20.6. The van der Waals surface area contributed by atoms with Gasteiger partial charge in [0.05, 0.1) is 19.0 Å². The van der Waals surface area contributed by atoms with Crippen molar-refractivity contribution in [1.29, 1.82) is 0 Å². The lowest BCUT2D eigenvalue weighted by Crippen LogP contribution is -2.36. The highest BCUT2D eigenvalue weighted by Crippen LogP contribution is 2.22. The number of hydrogen-bond acceptors (Lipinski definition) is 6. The average molecular weight is 418 g/mol. The molecule has 0 aromatic heterocycles. The van der Waals surface area contributed by atoms with Gasteiger partial charge in [0.2, 0.25) is 0 Å². The van der Waals surface area contributed by atoms with E-state index in [9.17, 15) is 14.0 Å². The number of halogens is 1. The lowest BCUT2D eigenvalue weighted by molar-refractivity contribution is -0.150. The van der Waals surface area contributed by atoms with Crippen LogP contribution in [0.25, 0.3) is 0 Å². The number of morpholine rings is 1. The number of nitrogens with zero attached hydrogens (tertiary/aromatic N) is 1. The monoisotopic (exact) mass is 418 g/mol. The standard InChI is InChI=1S/C21H23FN2O4S/c1-15(28-20(25)14-29-19-5-3-2-4-18(19)22)21(26)23-16-6-8-17(9-7-16)24-10-12-27-13-11-24/h2-9,15H,10-14H2,1H3,(H,23,26)/t15-/m1/s1. The Bertz CT molecular complexity index is 841. The number of carbonyl (C=O) groups excluding carboxylic acids is 2. The molecule has 3 rings (SSSR count). The Kier molecular flexibility index (Phi) is 7.48. The van der Waals surface area contributed by atoms with E-state index in [-0.39, 0.29) is 5.75 Å². The summed E-state index contributed by atoms with van der Waals surface area (Å²) >= 11 is 1.03. The van der Waals surface area contributed by atoms with Crippen LogP contribution in [0.5, 0.6) is 0 Å². The maximum Gasteiger partial charge on any atom is 0.317 e. The number of ether oxygens (including phenoxy) is 2. The number of carbonyl (C=O) groups is 2. The lowest BCUT2D eigenvalue weighted by Gasteiger charge is -2.28. The second-order valence-electron chi connectivity index (χ2n) is 6.49. The fourth-order valence-electron chi connectivity index (χ4n) is 2.80. The van der Waals surface area contributed by atoms with Crippen LogP contribution in [0.2, 0.25) is 0 Å². The van der Waals surface area contributed by atoms with E-state index in [0.29, 0.717) is 23.8 Å². The van der Waals surface area contributed by atoms with E-state index in [1.807, 2.05) is 24.3 Å². The largest absolute Gasteiger partial charge is 0.452 e. The number of anilines is 2. The zero-order valence-electron chi connectivity index (χ0n) is 16.1. The number of benzene rings is 2. The van der Waals surface area contributed by atoms with Crippen molar-refractivity contribution in [2.45, 2.75) is 17.9 Å². The second-order valence-corrected chi connectivity index (χ2v) is 7.50. The first-order valence-electron chi connectivity index (χ1n) is 9.33. The molecule has 2 aromatic carbocycles. The zero-order valence-corrected chi connectivity index (χ0v) is 16.9. The maximum absolute atomic E-state index is 13.6. The molecule has 0 aliphatic carbocycles. The van der Waals surface area contributed by atoms with Gasteiger partial charge in [-0.05, 0) is 43.3 Å². The predicted molar refractivity (Wildman–Crippen MR) is 111 cm³/mol. The summed E-state index contributed by atoms with van der Waals surface area (Å²) in [6.45, 7) is 4.59. The third kappa shape index (κ3) is 6.20. The van der Waals surface area contributed by atoms with Gasteiger partial charge >= 0.3 is 5.97 Å². The van der Waals surface area contributed by atoms with E-state index < -0.39 is 23.8 Å². The molecule has 6 nitrogen and oxygen atoms in total. The molecule has 1 heterocycles. The number of thioether (sulfide) groups is 1. The normalized spacial score (nSPS) is 14.9. The van der Waals surface area contributed by atoms with Crippen LogP contribution in [0, 0.1) is 5.82 Å².